The van der Waals surface area contributed by atoms with Crippen molar-refractivity contribution in [2.75, 3.05) is 27.7 Å². The summed E-state index contributed by atoms with van der Waals surface area (Å²) >= 11 is 0. The topological polar surface area (TPSA) is 54.7 Å². The molecule has 0 aliphatic heterocycles. The number of para-hydroxylation sites is 1. The van der Waals surface area contributed by atoms with Crippen LogP contribution in [0.1, 0.15) is 17.4 Å². The fourth-order valence-electron chi connectivity index (χ4n) is 2.31. The Morgan fingerprint density at radius 2 is 2.09 bits per heavy atom. The first-order chi connectivity index (χ1) is 11.1. The Morgan fingerprint density at radius 1 is 1.30 bits per heavy atom. The highest BCUT2D eigenvalue weighted by Gasteiger charge is 2.18. The smallest absolute Gasteiger partial charge is 0.244 e. The number of hydrogen-bond donors (Lipinski definition) is 1. The van der Waals surface area contributed by atoms with Crippen molar-refractivity contribution in [3.63, 3.8) is 0 Å². The molecule has 122 valence electrons. The first-order valence-electron chi connectivity index (χ1n) is 7.40. The molecule has 0 saturated heterocycles. The second-order valence-corrected chi connectivity index (χ2v) is 5.32. The maximum absolute atomic E-state index is 12.0. The number of ether oxygens (including phenoxy) is 1. The van der Waals surface area contributed by atoms with E-state index in [1.807, 2.05) is 43.3 Å². The molecule has 0 saturated carbocycles. The van der Waals surface area contributed by atoms with Gasteiger partial charge in [0.2, 0.25) is 5.91 Å². The van der Waals surface area contributed by atoms with E-state index in [1.165, 1.54) is 6.08 Å². The predicted octanol–water partition coefficient (Wildman–Crippen LogP) is 2.72. The van der Waals surface area contributed by atoms with Crippen LogP contribution in [0.5, 0.6) is 5.75 Å². The van der Waals surface area contributed by atoms with Crippen molar-refractivity contribution in [1.29, 1.82) is 0 Å². The molecular weight excluding hydrogens is 292 g/mol. The van der Waals surface area contributed by atoms with Crippen LogP contribution in [0.3, 0.4) is 0 Å². The van der Waals surface area contributed by atoms with E-state index in [2.05, 4.69) is 5.32 Å². The largest absolute Gasteiger partial charge is 0.496 e. The third kappa shape index (κ3) is 4.72. The molecule has 5 nitrogen and oxygen atoms in total. The first kappa shape index (κ1) is 16.8. The molecule has 23 heavy (non-hydrogen) atoms. The zero-order valence-electron chi connectivity index (χ0n) is 13.7. The molecule has 5 heteroatoms. The standard InChI is InChI=1S/C18H22N2O3/c1-20(2)16(15-8-4-5-9-17(15)22-3)13-19-18(21)11-10-14-7-6-12-23-14/h4-12,16H,13H2,1-3H3,(H,19,21)/b11-10+. The van der Waals surface area contributed by atoms with E-state index in [0.29, 0.717) is 12.3 Å². The van der Waals surface area contributed by atoms with Crippen LogP contribution in [0, 0.1) is 0 Å². The molecule has 0 radical (unpaired) electrons. The van der Waals surface area contributed by atoms with Crippen LogP contribution >= 0.6 is 0 Å². The average molecular weight is 314 g/mol. The zero-order valence-corrected chi connectivity index (χ0v) is 13.7. The van der Waals surface area contributed by atoms with E-state index >= 15 is 0 Å². The van der Waals surface area contributed by atoms with Gasteiger partial charge in [-0.3, -0.25) is 4.79 Å². The van der Waals surface area contributed by atoms with E-state index in [-0.39, 0.29) is 11.9 Å². The number of carbonyl (C=O) groups is 1. The lowest BCUT2D eigenvalue weighted by atomic mass is 10.0. The van der Waals surface area contributed by atoms with Gasteiger partial charge in [-0.2, -0.15) is 0 Å². The van der Waals surface area contributed by atoms with Crippen LogP contribution in [-0.2, 0) is 4.79 Å². The summed E-state index contributed by atoms with van der Waals surface area (Å²) in [5.41, 5.74) is 1.04. The van der Waals surface area contributed by atoms with Crippen molar-refractivity contribution in [2.45, 2.75) is 6.04 Å². The molecule has 0 aliphatic carbocycles. The Labute approximate surface area is 136 Å². The number of hydrogen-bond acceptors (Lipinski definition) is 4. The molecule has 1 N–H and O–H groups in total. The Kier molecular flexibility index (Phi) is 6.00. The number of furan rings is 1. The molecular formula is C18H22N2O3. The number of likely N-dealkylation sites (N-methyl/N-ethyl adjacent to an activating group) is 1. The molecule has 1 aromatic carbocycles. The maximum Gasteiger partial charge on any atom is 0.244 e. The molecule has 0 fully saturated rings. The number of methoxy groups -OCH3 is 1. The van der Waals surface area contributed by atoms with Crippen molar-refractivity contribution in [3.8, 4) is 5.75 Å². The van der Waals surface area contributed by atoms with Gasteiger partial charge in [0.05, 0.1) is 19.4 Å². The maximum atomic E-state index is 12.0. The fraction of sp³-hybridized carbons (Fsp3) is 0.278. The Morgan fingerprint density at radius 3 is 2.74 bits per heavy atom. The second kappa shape index (κ2) is 8.19. The molecule has 1 unspecified atom stereocenters. The molecule has 1 heterocycles. The summed E-state index contributed by atoms with van der Waals surface area (Å²) in [6.07, 6.45) is 4.68. The van der Waals surface area contributed by atoms with Crippen molar-refractivity contribution in [2.24, 2.45) is 0 Å². The highest BCUT2D eigenvalue weighted by Crippen LogP contribution is 2.27. The summed E-state index contributed by atoms with van der Waals surface area (Å²) in [5.74, 6) is 1.30. The van der Waals surface area contributed by atoms with Gasteiger partial charge in [-0.25, -0.2) is 0 Å². The van der Waals surface area contributed by atoms with Crippen molar-refractivity contribution in [3.05, 3.63) is 60.1 Å². The number of nitrogens with one attached hydrogen (secondary N) is 1. The van der Waals surface area contributed by atoms with E-state index in [0.717, 1.165) is 11.3 Å². The summed E-state index contributed by atoms with van der Waals surface area (Å²) < 4.78 is 10.6. The normalized spacial score (nSPS) is 12.5. The number of nitrogens with zero attached hydrogens (tertiary/aromatic N) is 1. The fourth-order valence-corrected chi connectivity index (χ4v) is 2.31. The van der Waals surface area contributed by atoms with Crippen LogP contribution in [-0.4, -0.2) is 38.6 Å². The van der Waals surface area contributed by atoms with Gasteiger partial charge in [-0.15, -0.1) is 0 Å². The van der Waals surface area contributed by atoms with Gasteiger partial charge in [0.1, 0.15) is 11.5 Å². The number of carbonyl (C=O) groups excluding carboxylic acids is 1. The highest BCUT2D eigenvalue weighted by molar-refractivity contribution is 5.91. The quantitative estimate of drug-likeness (QED) is 0.798. The van der Waals surface area contributed by atoms with Crippen molar-refractivity contribution < 1.29 is 13.9 Å². The van der Waals surface area contributed by atoms with Crippen molar-refractivity contribution in [1.82, 2.24) is 10.2 Å². The Bertz CT molecular complexity index is 648. The van der Waals surface area contributed by atoms with Gasteiger partial charge >= 0.3 is 0 Å². The van der Waals surface area contributed by atoms with Crippen LogP contribution in [0.2, 0.25) is 0 Å². The number of rotatable bonds is 7. The molecule has 2 aromatic rings. The van der Waals surface area contributed by atoms with Crippen LogP contribution in [0.15, 0.2) is 53.2 Å². The summed E-state index contributed by atoms with van der Waals surface area (Å²) in [6.45, 7) is 0.481. The monoisotopic (exact) mass is 314 g/mol. The third-order valence-electron chi connectivity index (χ3n) is 3.53. The van der Waals surface area contributed by atoms with Crippen LogP contribution in [0.4, 0.5) is 0 Å². The zero-order chi connectivity index (χ0) is 16.7. The van der Waals surface area contributed by atoms with Gasteiger partial charge < -0.3 is 19.4 Å². The Balaban J connectivity index is 2.01. The highest BCUT2D eigenvalue weighted by atomic mass is 16.5. The average Bonchev–Trinajstić information content (AvgIpc) is 3.06. The lowest BCUT2D eigenvalue weighted by molar-refractivity contribution is -0.116. The number of benzene rings is 1. The third-order valence-corrected chi connectivity index (χ3v) is 3.53. The van der Waals surface area contributed by atoms with E-state index in [9.17, 15) is 4.79 Å². The van der Waals surface area contributed by atoms with E-state index < -0.39 is 0 Å². The first-order valence-corrected chi connectivity index (χ1v) is 7.40. The van der Waals surface area contributed by atoms with Crippen LogP contribution < -0.4 is 10.1 Å². The SMILES string of the molecule is COc1ccccc1C(CNC(=O)/C=C/c1ccco1)N(C)C. The number of amides is 1. The lowest BCUT2D eigenvalue weighted by Gasteiger charge is -2.26. The summed E-state index contributed by atoms with van der Waals surface area (Å²) in [4.78, 5) is 14.0. The molecule has 1 atom stereocenters. The summed E-state index contributed by atoms with van der Waals surface area (Å²) in [6, 6.07) is 11.4. The predicted molar refractivity (Wildman–Crippen MR) is 90.2 cm³/mol. The van der Waals surface area contributed by atoms with Gasteiger partial charge in [0.25, 0.3) is 0 Å². The van der Waals surface area contributed by atoms with E-state index in [4.69, 9.17) is 9.15 Å². The molecule has 1 aromatic heterocycles. The van der Waals surface area contributed by atoms with Crippen LogP contribution in [0.25, 0.3) is 6.08 Å². The summed E-state index contributed by atoms with van der Waals surface area (Å²) in [7, 11) is 5.60. The minimum atomic E-state index is -0.164. The molecule has 0 aliphatic rings. The van der Waals surface area contributed by atoms with Gasteiger partial charge in [0.15, 0.2) is 0 Å². The minimum absolute atomic E-state index is 0.0205. The van der Waals surface area contributed by atoms with Crippen molar-refractivity contribution >= 4 is 12.0 Å². The second-order valence-electron chi connectivity index (χ2n) is 5.32. The summed E-state index contributed by atoms with van der Waals surface area (Å²) in [5, 5.41) is 2.91. The van der Waals surface area contributed by atoms with Gasteiger partial charge in [0, 0.05) is 18.2 Å². The molecule has 1 amide bonds. The molecule has 2 rings (SSSR count). The van der Waals surface area contributed by atoms with E-state index in [1.54, 1.807) is 31.6 Å². The minimum Gasteiger partial charge on any atom is -0.496 e. The van der Waals surface area contributed by atoms with Gasteiger partial charge in [-0.05, 0) is 38.4 Å². The Hall–Kier alpha value is -2.53. The van der Waals surface area contributed by atoms with Gasteiger partial charge in [-0.1, -0.05) is 18.2 Å². The molecule has 0 bridgehead atoms. The molecule has 0 spiro atoms. The lowest BCUT2D eigenvalue weighted by Crippen LogP contribution is -2.33.